The van der Waals surface area contributed by atoms with Gasteiger partial charge >= 0.3 is 0 Å². The molecule has 2 aromatic carbocycles. The molecule has 2 aromatic rings. The van der Waals surface area contributed by atoms with Gasteiger partial charge in [-0.05, 0) is 17.5 Å². The SMILES string of the molecule is CCCCCC([C]=O)(c1ccccc1)c1ccccc1. The fraction of sp³-hybridized carbons (Fsp3) is 0.316. The summed E-state index contributed by atoms with van der Waals surface area (Å²) in [4.78, 5) is 11.9. The molecule has 0 fully saturated rings. The molecule has 0 aliphatic rings. The summed E-state index contributed by atoms with van der Waals surface area (Å²) in [5, 5.41) is 0. The summed E-state index contributed by atoms with van der Waals surface area (Å²) in [7, 11) is 0. The first-order chi connectivity index (χ1) is 9.83. The Morgan fingerprint density at radius 2 is 1.35 bits per heavy atom. The third-order valence-corrected chi connectivity index (χ3v) is 3.86. The zero-order chi connectivity index (χ0) is 14.3. The van der Waals surface area contributed by atoms with Crippen molar-refractivity contribution >= 4 is 6.29 Å². The van der Waals surface area contributed by atoms with Crippen LogP contribution in [0.15, 0.2) is 60.7 Å². The second kappa shape index (κ2) is 7.04. The molecule has 1 heteroatoms. The maximum absolute atomic E-state index is 11.9. The van der Waals surface area contributed by atoms with E-state index in [2.05, 4.69) is 13.2 Å². The van der Waals surface area contributed by atoms with E-state index in [0.29, 0.717) is 0 Å². The molecule has 0 atom stereocenters. The molecule has 2 rings (SSSR count). The van der Waals surface area contributed by atoms with E-state index in [4.69, 9.17) is 0 Å². The molecule has 0 N–H and O–H groups in total. The molecule has 0 aromatic heterocycles. The van der Waals surface area contributed by atoms with Gasteiger partial charge < -0.3 is 0 Å². The van der Waals surface area contributed by atoms with E-state index in [1.807, 2.05) is 60.7 Å². The highest BCUT2D eigenvalue weighted by Gasteiger charge is 2.34. The van der Waals surface area contributed by atoms with E-state index >= 15 is 0 Å². The Morgan fingerprint density at radius 3 is 1.75 bits per heavy atom. The number of hydrogen-bond acceptors (Lipinski definition) is 1. The summed E-state index contributed by atoms with van der Waals surface area (Å²) in [5.41, 5.74) is 1.45. The molecule has 0 aliphatic carbocycles. The van der Waals surface area contributed by atoms with Crippen molar-refractivity contribution in [1.82, 2.24) is 0 Å². The van der Waals surface area contributed by atoms with Gasteiger partial charge in [-0.2, -0.15) is 0 Å². The van der Waals surface area contributed by atoms with Gasteiger partial charge in [0, 0.05) is 0 Å². The minimum atomic E-state index is -0.627. The summed E-state index contributed by atoms with van der Waals surface area (Å²) in [6, 6.07) is 20.1. The Bertz CT molecular complexity index is 476. The largest absolute Gasteiger partial charge is 0.289 e. The van der Waals surface area contributed by atoms with Gasteiger partial charge in [-0.3, -0.25) is 4.79 Å². The fourth-order valence-corrected chi connectivity index (χ4v) is 2.71. The Morgan fingerprint density at radius 1 is 0.850 bits per heavy atom. The summed E-state index contributed by atoms with van der Waals surface area (Å²) >= 11 is 0. The van der Waals surface area contributed by atoms with Crippen molar-refractivity contribution in [3.63, 3.8) is 0 Å². The fourth-order valence-electron chi connectivity index (χ4n) is 2.71. The van der Waals surface area contributed by atoms with Crippen LogP contribution in [-0.4, -0.2) is 6.29 Å². The number of benzene rings is 2. The van der Waals surface area contributed by atoms with Crippen LogP contribution in [0.5, 0.6) is 0 Å². The maximum Gasteiger partial charge on any atom is 0.214 e. The molecule has 1 radical (unpaired) electrons. The molecule has 0 heterocycles. The van der Waals surface area contributed by atoms with Crippen molar-refractivity contribution in [2.24, 2.45) is 0 Å². The number of unbranched alkanes of at least 4 members (excludes halogenated alkanes) is 2. The van der Waals surface area contributed by atoms with E-state index in [1.165, 1.54) is 0 Å². The lowest BCUT2D eigenvalue weighted by atomic mass is 9.72. The highest BCUT2D eigenvalue weighted by Crippen LogP contribution is 2.35. The molecule has 0 spiro atoms. The first-order valence-electron chi connectivity index (χ1n) is 7.34. The molecule has 0 saturated heterocycles. The highest BCUT2D eigenvalue weighted by molar-refractivity contribution is 5.75. The van der Waals surface area contributed by atoms with E-state index in [-0.39, 0.29) is 0 Å². The summed E-state index contributed by atoms with van der Waals surface area (Å²) in [5.74, 6) is 0. The Balaban J connectivity index is 2.44. The van der Waals surface area contributed by atoms with Crippen LogP contribution in [0.4, 0.5) is 0 Å². The minimum absolute atomic E-state index is 0.627. The minimum Gasteiger partial charge on any atom is -0.289 e. The summed E-state index contributed by atoms with van der Waals surface area (Å²) < 4.78 is 0. The molecule has 0 aliphatic heterocycles. The lowest BCUT2D eigenvalue weighted by Crippen LogP contribution is -2.29. The van der Waals surface area contributed by atoms with Gasteiger partial charge in [0.15, 0.2) is 0 Å². The van der Waals surface area contributed by atoms with Gasteiger partial charge in [-0.1, -0.05) is 86.8 Å². The summed E-state index contributed by atoms with van der Waals surface area (Å²) in [6.45, 7) is 2.18. The Kier molecular flexibility index (Phi) is 5.11. The topological polar surface area (TPSA) is 17.1 Å². The number of rotatable bonds is 7. The highest BCUT2D eigenvalue weighted by atomic mass is 16.1. The molecule has 103 valence electrons. The van der Waals surface area contributed by atoms with Crippen molar-refractivity contribution < 1.29 is 4.79 Å². The van der Waals surface area contributed by atoms with E-state index in [1.54, 1.807) is 0 Å². The van der Waals surface area contributed by atoms with Crippen LogP contribution in [0.1, 0.15) is 43.7 Å². The number of hydrogen-bond donors (Lipinski definition) is 0. The summed E-state index contributed by atoms with van der Waals surface area (Å²) in [6.07, 6.45) is 6.51. The van der Waals surface area contributed by atoms with Crippen LogP contribution in [0.2, 0.25) is 0 Å². The molecule has 0 amide bonds. The second-order valence-corrected chi connectivity index (χ2v) is 5.20. The van der Waals surface area contributed by atoms with E-state index in [0.717, 1.165) is 36.8 Å². The van der Waals surface area contributed by atoms with Crippen molar-refractivity contribution in [3.05, 3.63) is 71.8 Å². The van der Waals surface area contributed by atoms with Crippen molar-refractivity contribution in [3.8, 4) is 0 Å². The average molecular weight is 265 g/mol. The molecule has 1 nitrogen and oxygen atoms in total. The van der Waals surface area contributed by atoms with Crippen molar-refractivity contribution in [2.75, 3.05) is 0 Å². The lowest BCUT2D eigenvalue weighted by molar-refractivity contribution is 0.485. The van der Waals surface area contributed by atoms with Crippen LogP contribution in [-0.2, 0) is 10.2 Å². The van der Waals surface area contributed by atoms with Gasteiger partial charge in [0.05, 0.1) is 5.41 Å². The van der Waals surface area contributed by atoms with Crippen LogP contribution in [0.25, 0.3) is 0 Å². The first-order valence-corrected chi connectivity index (χ1v) is 7.34. The normalized spacial score (nSPS) is 11.2. The molecule has 0 saturated carbocycles. The molecular formula is C19H21O. The van der Waals surface area contributed by atoms with Gasteiger partial charge in [0.25, 0.3) is 0 Å². The zero-order valence-corrected chi connectivity index (χ0v) is 12.0. The number of carbonyl (C=O) groups excluding carboxylic acids is 1. The lowest BCUT2D eigenvalue weighted by Gasteiger charge is -2.28. The second-order valence-electron chi connectivity index (χ2n) is 5.20. The Labute approximate surface area is 121 Å². The average Bonchev–Trinajstić information content (AvgIpc) is 2.54. The third-order valence-electron chi connectivity index (χ3n) is 3.86. The van der Waals surface area contributed by atoms with Crippen LogP contribution in [0, 0.1) is 0 Å². The van der Waals surface area contributed by atoms with E-state index in [9.17, 15) is 4.79 Å². The Hall–Kier alpha value is -1.89. The molecule has 0 unspecified atom stereocenters. The predicted molar refractivity (Wildman–Crippen MR) is 83.5 cm³/mol. The maximum atomic E-state index is 11.9. The smallest absolute Gasteiger partial charge is 0.214 e. The van der Waals surface area contributed by atoms with Crippen molar-refractivity contribution in [2.45, 2.75) is 38.0 Å². The van der Waals surface area contributed by atoms with Gasteiger partial charge in [-0.25, -0.2) is 0 Å². The molecule has 20 heavy (non-hydrogen) atoms. The monoisotopic (exact) mass is 265 g/mol. The van der Waals surface area contributed by atoms with Crippen LogP contribution < -0.4 is 0 Å². The van der Waals surface area contributed by atoms with Gasteiger partial charge in [-0.15, -0.1) is 0 Å². The van der Waals surface area contributed by atoms with Crippen molar-refractivity contribution in [1.29, 1.82) is 0 Å². The standard InChI is InChI=1S/C19H21O/c1-2-3-10-15-19(16-20,17-11-6-4-7-12-17)18-13-8-5-9-14-18/h4-9,11-14H,2-3,10,15H2,1H3. The third kappa shape index (κ3) is 2.98. The van der Waals surface area contributed by atoms with Crippen LogP contribution in [0.3, 0.4) is 0 Å². The first kappa shape index (κ1) is 14.5. The quantitative estimate of drug-likeness (QED) is 0.665. The van der Waals surface area contributed by atoms with Crippen LogP contribution >= 0.6 is 0 Å². The van der Waals surface area contributed by atoms with E-state index < -0.39 is 5.41 Å². The molecule has 0 bridgehead atoms. The zero-order valence-electron chi connectivity index (χ0n) is 12.0. The molecular weight excluding hydrogens is 244 g/mol. The predicted octanol–water partition coefficient (Wildman–Crippen LogP) is 4.66. The van der Waals surface area contributed by atoms with Gasteiger partial charge in [0.2, 0.25) is 6.29 Å². The van der Waals surface area contributed by atoms with Gasteiger partial charge in [0.1, 0.15) is 0 Å².